The quantitative estimate of drug-likeness (QED) is 0.698. The fourth-order valence-corrected chi connectivity index (χ4v) is 2.56. The van der Waals surface area contributed by atoms with Crippen LogP contribution in [-0.2, 0) is 0 Å². The lowest BCUT2D eigenvalue weighted by molar-refractivity contribution is 0.191. The largest absolute Gasteiger partial charge is 0.387 e. The van der Waals surface area contributed by atoms with E-state index in [4.69, 9.17) is 23.2 Å². The molecule has 0 amide bonds. The predicted molar refractivity (Wildman–Crippen MR) is 97.4 cm³/mol. The summed E-state index contributed by atoms with van der Waals surface area (Å²) < 4.78 is 0. The van der Waals surface area contributed by atoms with Crippen molar-refractivity contribution in [1.82, 2.24) is 9.97 Å². The second-order valence-electron chi connectivity index (χ2n) is 5.22. The van der Waals surface area contributed by atoms with Crippen molar-refractivity contribution in [3.63, 3.8) is 0 Å². The number of hydrogen-bond acceptors (Lipinski definition) is 4. The lowest BCUT2D eigenvalue weighted by atomic mass is 10.1. The summed E-state index contributed by atoms with van der Waals surface area (Å²) in [6.07, 6.45) is 0.851. The van der Waals surface area contributed by atoms with Crippen molar-refractivity contribution in [1.29, 1.82) is 0 Å². The van der Waals surface area contributed by atoms with Gasteiger partial charge in [0, 0.05) is 18.2 Å². The topological polar surface area (TPSA) is 58.0 Å². The highest BCUT2D eigenvalue weighted by Gasteiger charge is 2.08. The number of hydrogen-bond donors (Lipinski definition) is 2. The highest BCUT2D eigenvalue weighted by molar-refractivity contribution is 6.42. The zero-order chi connectivity index (χ0) is 16.9. The third kappa shape index (κ3) is 4.03. The molecule has 1 aromatic heterocycles. The Bertz CT molecular complexity index is 828. The fraction of sp³-hybridized carbons (Fsp3) is 0.111. The Morgan fingerprint density at radius 2 is 1.75 bits per heavy atom. The molecule has 0 aliphatic rings. The Kier molecular flexibility index (Phi) is 5.30. The van der Waals surface area contributed by atoms with E-state index < -0.39 is 6.10 Å². The second kappa shape index (κ2) is 7.62. The molecule has 0 fully saturated rings. The van der Waals surface area contributed by atoms with Crippen LogP contribution in [0.15, 0.2) is 60.9 Å². The number of nitrogens with zero attached hydrogens (tertiary/aromatic N) is 2. The molecule has 3 rings (SSSR count). The standard InChI is InChI=1S/C18H15Cl2N3O/c19-14-7-6-13(8-15(14)20)16-9-18(23-11-22-16)21-10-17(24)12-4-2-1-3-5-12/h1-9,11,17,24H,10H2,(H,21,22,23)/t17-/m0/s1. The number of aromatic nitrogens is 2. The Balaban J connectivity index is 1.72. The average Bonchev–Trinajstić information content (AvgIpc) is 2.63. The van der Waals surface area contributed by atoms with Crippen LogP contribution in [0.3, 0.4) is 0 Å². The number of rotatable bonds is 5. The van der Waals surface area contributed by atoms with E-state index >= 15 is 0 Å². The fourth-order valence-electron chi connectivity index (χ4n) is 2.26. The summed E-state index contributed by atoms with van der Waals surface area (Å²) in [7, 11) is 0. The number of aliphatic hydroxyl groups is 1. The van der Waals surface area contributed by atoms with E-state index in [1.165, 1.54) is 6.33 Å². The van der Waals surface area contributed by atoms with Gasteiger partial charge in [-0.15, -0.1) is 0 Å². The molecular formula is C18H15Cl2N3O. The summed E-state index contributed by atoms with van der Waals surface area (Å²) in [5.41, 5.74) is 2.42. The van der Waals surface area contributed by atoms with Crippen LogP contribution in [0.2, 0.25) is 10.0 Å². The van der Waals surface area contributed by atoms with Crippen LogP contribution in [0.1, 0.15) is 11.7 Å². The molecule has 0 bridgehead atoms. The van der Waals surface area contributed by atoms with Crippen molar-refractivity contribution in [3.8, 4) is 11.3 Å². The molecule has 0 saturated heterocycles. The van der Waals surface area contributed by atoms with Gasteiger partial charge in [0.05, 0.1) is 21.8 Å². The lowest BCUT2D eigenvalue weighted by Crippen LogP contribution is -2.13. The Morgan fingerprint density at radius 1 is 0.958 bits per heavy atom. The molecule has 3 aromatic rings. The SMILES string of the molecule is O[C@@H](CNc1cc(-c2ccc(Cl)c(Cl)c2)ncn1)c1ccccc1. The molecule has 4 nitrogen and oxygen atoms in total. The third-order valence-electron chi connectivity index (χ3n) is 3.54. The van der Waals surface area contributed by atoms with E-state index in [9.17, 15) is 5.11 Å². The molecule has 2 N–H and O–H groups in total. The minimum atomic E-state index is -0.616. The lowest BCUT2D eigenvalue weighted by Gasteiger charge is -2.13. The molecule has 0 radical (unpaired) electrons. The van der Waals surface area contributed by atoms with Crippen LogP contribution >= 0.6 is 23.2 Å². The first-order chi connectivity index (χ1) is 11.6. The summed E-state index contributed by atoms with van der Waals surface area (Å²) in [5.74, 6) is 0.626. The maximum absolute atomic E-state index is 10.2. The third-order valence-corrected chi connectivity index (χ3v) is 4.28. The van der Waals surface area contributed by atoms with E-state index in [0.717, 1.165) is 16.8 Å². The van der Waals surface area contributed by atoms with Crippen molar-refractivity contribution in [2.45, 2.75) is 6.10 Å². The molecule has 0 aliphatic carbocycles. The van der Waals surface area contributed by atoms with Crippen LogP contribution in [-0.4, -0.2) is 21.6 Å². The number of halogens is 2. The van der Waals surface area contributed by atoms with Crippen LogP contribution in [0, 0.1) is 0 Å². The average molecular weight is 360 g/mol. The van der Waals surface area contributed by atoms with Gasteiger partial charge in [0.1, 0.15) is 12.1 Å². The molecule has 122 valence electrons. The number of aliphatic hydroxyl groups excluding tert-OH is 1. The van der Waals surface area contributed by atoms with Gasteiger partial charge < -0.3 is 10.4 Å². The van der Waals surface area contributed by atoms with Gasteiger partial charge in [-0.3, -0.25) is 0 Å². The van der Waals surface area contributed by atoms with Gasteiger partial charge in [-0.2, -0.15) is 0 Å². The highest BCUT2D eigenvalue weighted by Crippen LogP contribution is 2.28. The number of nitrogens with one attached hydrogen (secondary N) is 1. The second-order valence-corrected chi connectivity index (χ2v) is 6.04. The summed E-state index contributed by atoms with van der Waals surface area (Å²) in [4.78, 5) is 8.43. The molecule has 0 unspecified atom stereocenters. The van der Waals surface area contributed by atoms with Gasteiger partial charge in [-0.25, -0.2) is 9.97 Å². The van der Waals surface area contributed by atoms with Crippen molar-refractivity contribution < 1.29 is 5.11 Å². The monoisotopic (exact) mass is 359 g/mol. The smallest absolute Gasteiger partial charge is 0.130 e. The molecule has 24 heavy (non-hydrogen) atoms. The molecular weight excluding hydrogens is 345 g/mol. The molecule has 0 saturated carbocycles. The zero-order valence-corrected chi connectivity index (χ0v) is 14.2. The van der Waals surface area contributed by atoms with Gasteiger partial charge in [-0.1, -0.05) is 59.6 Å². The van der Waals surface area contributed by atoms with E-state index in [2.05, 4.69) is 15.3 Å². The maximum Gasteiger partial charge on any atom is 0.130 e. The van der Waals surface area contributed by atoms with Crippen molar-refractivity contribution in [2.75, 3.05) is 11.9 Å². The predicted octanol–water partition coefficient (Wildman–Crippen LogP) is 4.60. The van der Waals surface area contributed by atoms with Gasteiger partial charge in [0.2, 0.25) is 0 Å². The van der Waals surface area contributed by atoms with Crippen molar-refractivity contribution >= 4 is 29.0 Å². The van der Waals surface area contributed by atoms with E-state index in [1.807, 2.05) is 36.4 Å². The molecule has 6 heteroatoms. The first-order valence-electron chi connectivity index (χ1n) is 7.38. The minimum absolute atomic E-state index is 0.349. The Labute approximate surface area is 150 Å². The van der Waals surface area contributed by atoms with E-state index in [1.54, 1.807) is 18.2 Å². The Hall–Kier alpha value is -2.14. The van der Waals surface area contributed by atoms with Gasteiger partial charge in [-0.05, 0) is 17.7 Å². The van der Waals surface area contributed by atoms with Crippen LogP contribution in [0.5, 0.6) is 0 Å². The molecule has 1 atom stereocenters. The molecule has 0 spiro atoms. The summed E-state index contributed by atoms with van der Waals surface area (Å²) in [6, 6.07) is 16.6. The normalized spacial score (nSPS) is 12.0. The minimum Gasteiger partial charge on any atom is -0.387 e. The van der Waals surface area contributed by atoms with E-state index in [-0.39, 0.29) is 0 Å². The zero-order valence-electron chi connectivity index (χ0n) is 12.7. The van der Waals surface area contributed by atoms with Crippen LogP contribution in [0.25, 0.3) is 11.3 Å². The van der Waals surface area contributed by atoms with Gasteiger partial charge in [0.15, 0.2) is 0 Å². The summed E-state index contributed by atoms with van der Waals surface area (Å²) >= 11 is 12.0. The summed E-state index contributed by atoms with van der Waals surface area (Å²) in [5, 5.41) is 14.3. The molecule has 1 heterocycles. The first-order valence-corrected chi connectivity index (χ1v) is 8.13. The Morgan fingerprint density at radius 3 is 2.50 bits per heavy atom. The molecule has 2 aromatic carbocycles. The van der Waals surface area contributed by atoms with Crippen molar-refractivity contribution in [2.24, 2.45) is 0 Å². The summed E-state index contributed by atoms with van der Waals surface area (Å²) in [6.45, 7) is 0.349. The highest BCUT2D eigenvalue weighted by atomic mass is 35.5. The molecule has 0 aliphatic heterocycles. The van der Waals surface area contributed by atoms with Crippen LogP contribution in [0.4, 0.5) is 5.82 Å². The van der Waals surface area contributed by atoms with E-state index in [0.29, 0.717) is 22.4 Å². The number of benzene rings is 2. The first kappa shape index (κ1) is 16.7. The number of anilines is 1. The van der Waals surface area contributed by atoms with Crippen LogP contribution < -0.4 is 5.32 Å². The van der Waals surface area contributed by atoms with Crippen molar-refractivity contribution in [3.05, 3.63) is 76.5 Å². The van der Waals surface area contributed by atoms with Gasteiger partial charge in [0.25, 0.3) is 0 Å². The van der Waals surface area contributed by atoms with Gasteiger partial charge >= 0.3 is 0 Å². The maximum atomic E-state index is 10.2.